The number of carbonyl (C=O) groups is 1. The van der Waals surface area contributed by atoms with Gasteiger partial charge in [-0.1, -0.05) is 24.8 Å². The number of carbonyl (C=O) groups excluding carboxylic acids is 1. The summed E-state index contributed by atoms with van der Waals surface area (Å²) in [6, 6.07) is 7.27. The number of hydrogen-bond donors (Lipinski definition) is 3. The van der Waals surface area contributed by atoms with Gasteiger partial charge in [-0.2, -0.15) is 0 Å². The second-order valence-corrected chi connectivity index (χ2v) is 9.57. The van der Waals surface area contributed by atoms with Crippen LogP contribution in [0.5, 0.6) is 5.75 Å². The van der Waals surface area contributed by atoms with E-state index < -0.39 is 10.8 Å². The molecule has 4 aromatic rings. The van der Waals surface area contributed by atoms with Crippen LogP contribution in [0.2, 0.25) is 0 Å². The summed E-state index contributed by atoms with van der Waals surface area (Å²) in [5, 5.41) is 26.0. The van der Waals surface area contributed by atoms with Gasteiger partial charge in [-0.3, -0.25) is 19.7 Å². The standard InChI is InChI=1S/C20H16N4O5S3/c1-2-13-16(14-4-3-7-30-14)17-18(27)22-20(23-19(17)32-13)31-9-15(26)21-11-8-10(24(28)29)5-6-12(11)25/h3-8,25H,2,9H2,1H3,(H,21,26)(H,22,23,27). The van der Waals surface area contributed by atoms with Crippen molar-refractivity contribution in [1.82, 2.24) is 9.97 Å². The van der Waals surface area contributed by atoms with Crippen LogP contribution in [0.4, 0.5) is 11.4 Å². The number of aromatic nitrogens is 2. The average Bonchev–Trinajstić information content (AvgIpc) is 3.41. The maximum absolute atomic E-state index is 12.8. The Kier molecular flexibility index (Phi) is 6.26. The molecule has 1 aromatic carbocycles. The predicted molar refractivity (Wildman–Crippen MR) is 127 cm³/mol. The fourth-order valence-electron chi connectivity index (χ4n) is 3.09. The number of nitro benzene ring substituents is 1. The lowest BCUT2D eigenvalue weighted by molar-refractivity contribution is -0.384. The molecule has 0 saturated carbocycles. The molecule has 0 saturated heterocycles. The monoisotopic (exact) mass is 488 g/mol. The summed E-state index contributed by atoms with van der Waals surface area (Å²) in [6.07, 6.45) is 0.769. The van der Waals surface area contributed by atoms with Crippen LogP contribution < -0.4 is 10.9 Å². The zero-order chi connectivity index (χ0) is 22.8. The SMILES string of the molecule is CCc1sc2nc(SCC(=O)Nc3cc([N+](=O)[O-])ccc3O)[nH]c(=O)c2c1-c1cccs1. The van der Waals surface area contributed by atoms with Crippen LogP contribution in [0.3, 0.4) is 0 Å². The maximum Gasteiger partial charge on any atom is 0.271 e. The molecule has 3 aromatic heterocycles. The van der Waals surface area contributed by atoms with Crippen LogP contribution >= 0.6 is 34.4 Å². The topological polar surface area (TPSA) is 138 Å². The number of aromatic hydroxyl groups is 1. The van der Waals surface area contributed by atoms with Gasteiger partial charge in [0.1, 0.15) is 10.6 Å². The van der Waals surface area contributed by atoms with Gasteiger partial charge in [0, 0.05) is 27.5 Å². The number of aromatic amines is 1. The molecule has 0 spiro atoms. The molecule has 3 heterocycles. The largest absolute Gasteiger partial charge is 0.506 e. The number of thiophene rings is 2. The molecule has 32 heavy (non-hydrogen) atoms. The molecule has 0 aliphatic carbocycles. The molecule has 4 rings (SSSR count). The second kappa shape index (κ2) is 9.10. The Hall–Kier alpha value is -3.22. The highest BCUT2D eigenvalue weighted by atomic mass is 32.2. The fourth-order valence-corrected chi connectivity index (χ4v) is 5.80. The third kappa shape index (κ3) is 4.38. The van der Waals surface area contributed by atoms with Crippen LogP contribution in [-0.2, 0) is 11.2 Å². The molecule has 0 radical (unpaired) electrons. The number of nitro groups is 1. The zero-order valence-electron chi connectivity index (χ0n) is 16.6. The summed E-state index contributed by atoms with van der Waals surface area (Å²) in [5.41, 5.74) is 0.321. The number of rotatable bonds is 7. The summed E-state index contributed by atoms with van der Waals surface area (Å²) in [5.74, 6) is -0.901. The van der Waals surface area contributed by atoms with E-state index in [2.05, 4.69) is 15.3 Å². The highest BCUT2D eigenvalue weighted by Crippen LogP contribution is 2.39. The average molecular weight is 489 g/mol. The van der Waals surface area contributed by atoms with E-state index in [0.717, 1.165) is 51.7 Å². The van der Waals surface area contributed by atoms with Crippen molar-refractivity contribution in [3.05, 3.63) is 61.1 Å². The number of H-pyrrole nitrogens is 1. The minimum Gasteiger partial charge on any atom is -0.506 e. The molecule has 0 unspecified atom stereocenters. The summed E-state index contributed by atoms with van der Waals surface area (Å²) in [7, 11) is 0. The highest BCUT2D eigenvalue weighted by molar-refractivity contribution is 7.99. The lowest BCUT2D eigenvalue weighted by Crippen LogP contribution is -2.15. The lowest BCUT2D eigenvalue weighted by atomic mass is 10.1. The molecule has 164 valence electrons. The Bertz CT molecular complexity index is 1380. The van der Waals surface area contributed by atoms with E-state index in [1.807, 2.05) is 24.4 Å². The first-order valence-electron chi connectivity index (χ1n) is 9.37. The lowest BCUT2D eigenvalue weighted by Gasteiger charge is -2.07. The molecular weight excluding hydrogens is 472 g/mol. The van der Waals surface area contributed by atoms with Crippen LogP contribution in [0.1, 0.15) is 11.8 Å². The van der Waals surface area contributed by atoms with Crippen LogP contribution in [0.25, 0.3) is 20.7 Å². The third-order valence-corrected chi connectivity index (χ3v) is 7.50. The number of phenolic OH excluding ortho intramolecular Hbond substituents is 1. The predicted octanol–water partition coefficient (Wildman–Crippen LogP) is 4.62. The van der Waals surface area contributed by atoms with E-state index in [-0.39, 0.29) is 28.4 Å². The molecule has 12 heteroatoms. The number of nitrogens with one attached hydrogen (secondary N) is 2. The summed E-state index contributed by atoms with van der Waals surface area (Å²) < 4.78 is 0. The van der Waals surface area contributed by atoms with Crippen molar-refractivity contribution in [3.63, 3.8) is 0 Å². The summed E-state index contributed by atoms with van der Waals surface area (Å²) in [4.78, 5) is 45.3. The van der Waals surface area contributed by atoms with Gasteiger partial charge >= 0.3 is 0 Å². The first-order valence-corrected chi connectivity index (χ1v) is 12.0. The number of benzene rings is 1. The summed E-state index contributed by atoms with van der Waals surface area (Å²) >= 11 is 4.05. The molecule has 9 nitrogen and oxygen atoms in total. The van der Waals surface area contributed by atoms with Gasteiger partial charge < -0.3 is 15.4 Å². The molecule has 0 atom stereocenters. The van der Waals surface area contributed by atoms with Gasteiger partial charge in [-0.15, -0.1) is 22.7 Å². The van der Waals surface area contributed by atoms with Gasteiger partial charge in [0.2, 0.25) is 5.91 Å². The number of aryl methyl sites for hydroxylation is 1. The van der Waals surface area contributed by atoms with Gasteiger partial charge in [0.15, 0.2) is 5.16 Å². The first kappa shape index (κ1) is 22.0. The molecular formula is C20H16N4O5S3. The van der Waals surface area contributed by atoms with Crippen LogP contribution in [0.15, 0.2) is 45.7 Å². The van der Waals surface area contributed by atoms with Crippen molar-refractivity contribution in [2.24, 2.45) is 0 Å². The molecule has 3 N–H and O–H groups in total. The minimum atomic E-state index is -0.621. The first-order chi connectivity index (χ1) is 15.4. The normalized spacial score (nSPS) is 11.0. The van der Waals surface area contributed by atoms with Gasteiger partial charge in [0.25, 0.3) is 11.2 Å². The Morgan fingerprint density at radius 1 is 1.38 bits per heavy atom. The smallest absolute Gasteiger partial charge is 0.271 e. The Balaban J connectivity index is 1.54. The Morgan fingerprint density at radius 3 is 2.88 bits per heavy atom. The molecule has 1 amide bonds. The van der Waals surface area contributed by atoms with Gasteiger partial charge in [-0.25, -0.2) is 4.98 Å². The number of amides is 1. The van der Waals surface area contributed by atoms with Crippen molar-refractivity contribution in [2.45, 2.75) is 18.5 Å². The van der Waals surface area contributed by atoms with Gasteiger partial charge in [0.05, 0.1) is 21.7 Å². The molecule has 0 fully saturated rings. The Morgan fingerprint density at radius 2 is 2.19 bits per heavy atom. The van der Waals surface area contributed by atoms with E-state index in [9.17, 15) is 24.8 Å². The molecule has 0 aliphatic rings. The highest BCUT2D eigenvalue weighted by Gasteiger charge is 2.19. The van der Waals surface area contributed by atoms with Gasteiger partial charge in [-0.05, 0) is 23.9 Å². The summed E-state index contributed by atoms with van der Waals surface area (Å²) in [6.45, 7) is 2.03. The van der Waals surface area contributed by atoms with E-state index in [4.69, 9.17) is 0 Å². The van der Waals surface area contributed by atoms with E-state index >= 15 is 0 Å². The maximum atomic E-state index is 12.8. The van der Waals surface area contributed by atoms with Crippen molar-refractivity contribution >= 4 is 61.9 Å². The number of fused-ring (bicyclic) bond motifs is 1. The van der Waals surface area contributed by atoms with Crippen molar-refractivity contribution in [2.75, 3.05) is 11.1 Å². The number of nitrogens with zero attached hydrogens (tertiary/aromatic N) is 2. The third-order valence-electron chi connectivity index (χ3n) is 4.51. The fraction of sp³-hybridized carbons (Fsp3) is 0.150. The number of thioether (sulfide) groups is 1. The molecule has 0 aliphatic heterocycles. The van der Waals surface area contributed by atoms with Crippen LogP contribution in [0, 0.1) is 10.1 Å². The number of non-ortho nitro benzene ring substituents is 1. The number of phenols is 1. The Labute approximate surface area is 193 Å². The van der Waals surface area contributed by atoms with E-state index in [0.29, 0.717) is 15.4 Å². The second-order valence-electron chi connectivity index (χ2n) is 6.58. The molecule has 0 bridgehead atoms. The van der Waals surface area contributed by atoms with Crippen molar-refractivity contribution < 1.29 is 14.8 Å². The van der Waals surface area contributed by atoms with Crippen molar-refractivity contribution in [3.8, 4) is 16.2 Å². The quantitative estimate of drug-likeness (QED) is 0.113. The minimum absolute atomic E-state index is 0.0619. The van der Waals surface area contributed by atoms with E-state index in [1.165, 1.54) is 11.3 Å². The number of anilines is 1. The van der Waals surface area contributed by atoms with Crippen LogP contribution in [-0.4, -0.2) is 31.7 Å². The van der Waals surface area contributed by atoms with Crippen molar-refractivity contribution in [1.29, 1.82) is 0 Å². The number of hydrogen-bond acceptors (Lipinski definition) is 9. The zero-order valence-corrected chi connectivity index (χ0v) is 19.0. The van der Waals surface area contributed by atoms with E-state index in [1.54, 1.807) is 11.3 Å².